The van der Waals surface area contributed by atoms with Gasteiger partial charge in [0.1, 0.15) is 12.6 Å². The molecule has 1 aliphatic heterocycles. The number of halogens is 1. The van der Waals surface area contributed by atoms with Gasteiger partial charge in [-0.25, -0.2) is 4.39 Å². The highest BCUT2D eigenvalue weighted by Gasteiger charge is 2.43. The molecule has 2 fully saturated rings. The highest BCUT2D eigenvalue weighted by Crippen LogP contribution is 2.44. The summed E-state index contributed by atoms with van der Waals surface area (Å²) in [4.78, 5) is 4.53. The van der Waals surface area contributed by atoms with E-state index in [1.807, 2.05) is 18.2 Å². The van der Waals surface area contributed by atoms with Crippen LogP contribution >= 0.6 is 0 Å². The highest BCUT2D eigenvalue weighted by molar-refractivity contribution is 5.63. The van der Waals surface area contributed by atoms with E-state index in [-0.39, 0.29) is 11.9 Å². The largest absolute Gasteiger partial charge is 0.381 e. The Bertz CT molecular complexity index is 808. The summed E-state index contributed by atoms with van der Waals surface area (Å²) >= 11 is 0. The molecule has 0 bridgehead atoms. The predicted octanol–water partition coefficient (Wildman–Crippen LogP) is 4.56. The molecular weight excluding hydrogens is 357 g/mol. The third-order valence-electron chi connectivity index (χ3n) is 5.84. The van der Waals surface area contributed by atoms with Crippen LogP contribution in [0.15, 0.2) is 48.7 Å². The minimum atomic E-state index is -0.242. The molecule has 0 amide bonds. The van der Waals surface area contributed by atoms with Crippen molar-refractivity contribution < 1.29 is 18.6 Å². The van der Waals surface area contributed by atoms with Crippen LogP contribution in [0.5, 0.6) is 0 Å². The Morgan fingerprint density at radius 1 is 1.25 bits per heavy atom. The Morgan fingerprint density at radius 2 is 2.18 bits per heavy atom. The minimum absolute atomic E-state index is 0.152. The van der Waals surface area contributed by atoms with E-state index in [2.05, 4.69) is 17.1 Å². The van der Waals surface area contributed by atoms with Crippen molar-refractivity contribution in [3.05, 3.63) is 60.2 Å². The van der Waals surface area contributed by atoms with E-state index < -0.39 is 0 Å². The third-order valence-corrected chi connectivity index (χ3v) is 5.84. The Morgan fingerprint density at radius 3 is 2.96 bits per heavy atom. The summed E-state index contributed by atoms with van der Waals surface area (Å²) in [5.41, 5.74) is 2.61. The summed E-state index contributed by atoms with van der Waals surface area (Å²) in [5.74, 6) is 1.19. The molecule has 2 unspecified atom stereocenters. The van der Waals surface area contributed by atoms with E-state index in [1.165, 1.54) is 12.1 Å². The molecule has 0 spiro atoms. The summed E-state index contributed by atoms with van der Waals surface area (Å²) < 4.78 is 30.2. The van der Waals surface area contributed by atoms with Crippen molar-refractivity contribution in [2.75, 3.05) is 27.1 Å². The van der Waals surface area contributed by atoms with Gasteiger partial charge in [0.05, 0.1) is 18.4 Å². The summed E-state index contributed by atoms with van der Waals surface area (Å²) in [6.07, 6.45) is 8.36. The molecule has 0 N–H and O–H groups in total. The lowest BCUT2D eigenvalue weighted by Gasteiger charge is -2.28. The van der Waals surface area contributed by atoms with Gasteiger partial charge in [-0.1, -0.05) is 24.3 Å². The van der Waals surface area contributed by atoms with Gasteiger partial charge in [-0.05, 0) is 54.5 Å². The first-order chi connectivity index (χ1) is 13.7. The fourth-order valence-electron chi connectivity index (χ4n) is 4.41. The molecule has 148 valence electrons. The minimum Gasteiger partial charge on any atom is -0.381 e. The van der Waals surface area contributed by atoms with E-state index in [0.29, 0.717) is 24.5 Å². The number of nitrogens with zero attached hydrogens (tertiary/aromatic N) is 1. The van der Waals surface area contributed by atoms with E-state index in [4.69, 9.17) is 14.2 Å². The van der Waals surface area contributed by atoms with Crippen molar-refractivity contribution in [3.8, 4) is 11.1 Å². The first-order valence-corrected chi connectivity index (χ1v) is 9.83. The van der Waals surface area contributed by atoms with Gasteiger partial charge in [0, 0.05) is 31.4 Å². The average Bonchev–Trinajstić information content (AvgIpc) is 3.08. The highest BCUT2D eigenvalue weighted by atomic mass is 19.1. The van der Waals surface area contributed by atoms with Gasteiger partial charge < -0.3 is 14.2 Å². The number of benzene rings is 1. The molecule has 0 radical (unpaired) electrons. The second-order valence-electron chi connectivity index (χ2n) is 7.55. The lowest BCUT2D eigenvalue weighted by atomic mass is 9.86. The van der Waals surface area contributed by atoms with Gasteiger partial charge in [-0.3, -0.25) is 4.98 Å². The van der Waals surface area contributed by atoms with Crippen LogP contribution in [0.2, 0.25) is 0 Å². The number of aromatic nitrogens is 1. The molecule has 1 aromatic carbocycles. The van der Waals surface area contributed by atoms with Gasteiger partial charge in [0.2, 0.25) is 0 Å². The van der Waals surface area contributed by atoms with Gasteiger partial charge >= 0.3 is 0 Å². The summed E-state index contributed by atoms with van der Waals surface area (Å²) in [5, 5.41) is 0. The molecule has 4 atom stereocenters. The van der Waals surface area contributed by atoms with Gasteiger partial charge in [0.15, 0.2) is 0 Å². The topological polar surface area (TPSA) is 40.6 Å². The van der Waals surface area contributed by atoms with E-state index >= 15 is 0 Å². The Hall–Kier alpha value is -2.08. The van der Waals surface area contributed by atoms with Gasteiger partial charge in [-0.15, -0.1) is 0 Å². The predicted molar refractivity (Wildman–Crippen MR) is 106 cm³/mol. The van der Waals surface area contributed by atoms with Crippen LogP contribution in [-0.2, 0) is 14.2 Å². The fraction of sp³-hybridized carbons (Fsp3) is 0.435. The molecular formula is C23H26FNO3. The first-order valence-electron chi connectivity index (χ1n) is 9.83. The molecule has 28 heavy (non-hydrogen) atoms. The number of ether oxygens (including phenoxy) is 3. The number of methoxy groups -OCH3 is 1. The number of rotatable bonds is 6. The molecule has 1 aliphatic carbocycles. The monoisotopic (exact) mass is 383 g/mol. The Labute approximate surface area is 165 Å². The van der Waals surface area contributed by atoms with Crippen molar-refractivity contribution in [2.45, 2.75) is 18.9 Å². The molecule has 2 aromatic rings. The fourth-order valence-corrected chi connectivity index (χ4v) is 4.41. The number of hydrogen-bond acceptors (Lipinski definition) is 4. The normalized spacial score (nSPS) is 27.2. The van der Waals surface area contributed by atoms with Crippen LogP contribution < -0.4 is 0 Å². The SMILES string of the molecule is COCOC1C[C@@H]2CCOC[C@H]2C1C=Cc1ccc(-c2cccc(F)c2)cn1. The molecule has 4 rings (SSSR count). The molecule has 5 heteroatoms. The summed E-state index contributed by atoms with van der Waals surface area (Å²) in [7, 11) is 1.65. The second kappa shape index (κ2) is 8.95. The summed E-state index contributed by atoms with van der Waals surface area (Å²) in [6, 6.07) is 10.5. The van der Waals surface area contributed by atoms with Crippen molar-refractivity contribution in [3.63, 3.8) is 0 Å². The Balaban J connectivity index is 1.48. The maximum absolute atomic E-state index is 13.4. The lowest BCUT2D eigenvalue weighted by molar-refractivity contribution is -0.0814. The average molecular weight is 383 g/mol. The van der Waals surface area contributed by atoms with Crippen molar-refractivity contribution >= 4 is 6.08 Å². The number of pyridine rings is 1. The van der Waals surface area contributed by atoms with Crippen molar-refractivity contribution in [1.29, 1.82) is 0 Å². The van der Waals surface area contributed by atoms with Crippen LogP contribution in [-0.4, -0.2) is 38.2 Å². The number of hydrogen-bond donors (Lipinski definition) is 0. The van der Waals surface area contributed by atoms with E-state index in [9.17, 15) is 4.39 Å². The van der Waals surface area contributed by atoms with Crippen molar-refractivity contribution in [2.24, 2.45) is 17.8 Å². The standard InChI is InChI=1S/C23H26FNO3/c1-26-15-28-23-12-17-9-10-27-14-22(17)21(23)8-7-20-6-5-18(13-25-20)16-3-2-4-19(24)11-16/h2-8,11,13,17,21-23H,9-10,12,14-15H2,1H3/t17-,21?,22+,23?/m0/s1. The Kier molecular flexibility index (Phi) is 6.15. The van der Waals surface area contributed by atoms with Crippen molar-refractivity contribution in [1.82, 2.24) is 4.98 Å². The molecule has 4 nitrogen and oxygen atoms in total. The smallest absolute Gasteiger partial charge is 0.146 e. The molecule has 2 aliphatic rings. The zero-order valence-electron chi connectivity index (χ0n) is 16.1. The van der Waals surface area contributed by atoms with E-state index in [1.54, 1.807) is 19.4 Å². The molecule has 1 saturated heterocycles. The van der Waals surface area contributed by atoms with Gasteiger partial charge in [-0.2, -0.15) is 0 Å². The number of fused-ring (bicyclic) bond motifs is 1. The quantitative estimate of drug-likeness (QED) is 0.686. The maximum atomic E-state index is 13.4. The second-order valence-corrected chi connectivity index (χ2v) is 7.55. The lowest BCUT2D eigenvalue weighted by Crippen LogP contribution is -2.28. The third kappa shape index (κ3) is 4.32. The zero-order valence-corrected chi connectivity index (χ0v) is 16.1. The van der Waals surface area contributed by atoms with E-state index in [0.717, 1.165) is 42.9 Å². The van der Waals surface area contributed by atoms with Crippen LogP contribution in [0, 0.1) is 23.6 Å². The maximum Gasteiger partial charge on any atom is 0.146 e. The molecule has 1 saturated carbocycles. The van der Waals surface area contributed by atoms with Crippen LogP contribution in [0.25, 0.3) is 17.2 Å². The molecule has 2 heterocycles. The zero-order chi connectivity index (χ0) is 19.3. The molecule has 1 aromatic heterocycles. The van der Waals surface area contributed by atoms with Crippen LogP contribution in [0.3, 0.4) is 0 Å². The van der Waals surface area contributed by atoms with Crippen LogP contribution in [0.1, 0.15) is 18.5 Å². The summed E-state index contributed by atoms with van der Waals surface area (Å²) in [6.45, 7) is 1.95. The van der Waals surface area contributed by atoms with Gasteiger partial charge in [0.25, 0.3) is 0 Å². The van der Waals surface area contributed by atoms with Crippen LogP contribution in [0.4, 0.5) is 4.39 Å². The first kappa shape index (κ1) is 19.2.